The molecule has 0 amide bonds. The van der Waals surface area contributed by atoms with Crippen molar-refractivity contribution in [2.45, 2.75) is 32.9 Å². The molecule has 0 fully saturated rings. The number of rotatable bonds is 5. The highest BCUT2D eigenvalue weighted by Crippen LogP contribution is 2.29. The molecule has 1 N–H and O–H groups in total. The van der Waals surface area contributed by atoms with Crippen LogP contribution in [0.5, 0.6) is 5.75 Å². The first-order valence-corrected chi connectivity index (χ1v) is 7.96. The van der Waals surface area contributed by atoms with Crippen LogP contribution in [0.3, 0.4) is 0 Å². The average Bonchev–Trinajstić information content (AvgIpc) is 2.47. The maximum absolute atomic E-state index is 5.27. The second-order valence-electron chi connectivity index (χ2n) is 5.41. The maximum Gasteiger partial charge on any atom is 0.133 e. The molecule has 2 nitrogen and oxygen atoms in total. The van der Waals surface area contributed by atoms with Crippen LogP contribution in [0.1, 0.15) is 42.6 Å². The zero-order valence-corrected chi connectivity index (χ0v) is 14.6. The van der Waals surface area contributed by atoms with E-state index < -0.39 is 0 Å². The smallest absolute Gasteiger partial charge is 0.133 e. The molecule has 0 aliphatic heterocycles. The summed E-state index contributed by atoms with van der Waals surface area (Å²) in [6, 6.07) is 15.5. The van der Waals surface area contributed by atoms with Crippen molar-refractivity contribution in [2.24, 2.45) is 0 Å². The van der Waals surface area contributed by atoms with E-state index in [2.05, 4.69) is 78.4 Å². The number of ether oxygens (including phenoxy) is 1. The van der Waals surface area contributed by atoms with E-state index in [0.717, 1.165) is 10.2 Å². The van der Waals surface area contributed by atoms with Gasteiger partial charge in [0.1, 0.15) is 5.75 Å². The van der Waals surface area contributed by atoms with E-state index in [4.69, 9.17) is 4.74 Å². The predicted octanol–water partition coefficient (Wildman–Crippen LogP) is 5.18. The van der Waals surface area contributed by atoms with Crippen LogP contribution in [-0.2, 0) is 0 Å². The third-order valence-electron chi connectivity index (χ3n) is 3.75. The lowest BCUT2D eigenvalue weighted by molar-refractivity contribution is 0.411. The largest absolute Gasteiger partial charge is 0.496 e. The number of halogens is 1. The van der Waals surface area contributed by atoms with Crippen LogP contribution in [0, 0.1) is 6.92 Å². The Hall–Kier alpha value is -1.32. The molecule has 2 atom stereocenters. The lowest BCUT2D eigenvalue weighted by Gasteiger charge is -2.21. The minimum Gasteiger partial charge on any atom is -0.496 e. The van der Waals surface area contributed by atoms with Crippen molar-refractivity contribution in [1.29, 1.82) is 0 Å². The molecule has 112 valence electrons. The van der Waals surface area contributed by atoms with Gasteiger partial charge >= 0.3 is 0 Å². The molecule has 2 aromatic carbocycles. The van der Waals surface area contributed by atoms with Crippen molar-refractivity contribution in [2.75, 3.05) is 7.11 Å². The number of methoxy groups -OCH3 is 1. The van der Waals surface area contributed by atoms with E-state index in [-0.39, 0.29) is 6.04 Å². The van der Waals surface area contributed by atoms with Crippen molar-refractivity contribution in [1.82, 2.24) is 5.32 Å². The van der Waals surface area contributed by atoms with Gasteiger partial charge in [-0.2, -0.15) is 0 Å². The molecule has 0 heterocycles. The summed E-state index contributed by atoms with van der Waals surface area (Å²) in [5, 5.41) is 3.63. The van der Waals surface area contributed by atoms with E-state index in [0.29, 0.717) is 6.04 Å². The van der Waals surface area contributed by atoms with Gasteiger partial charge in [-0.3, -0.25) is 0 Å². The topological polar surface area (TPSA) is 21.3 Å². The van der Waals surface area contributed by atoms with Gasteiger partial charge in [-0.25, -0.2) is 0 Å². The second kappa shape index (κ2) is 7.10. The molecule has 2 rings (SSSR count). The fourth-order valence-corrected chi connectivity index (χ4v) is 2.93. The van der Waals surface area contributed by atoms with Crippen molar-refractivity contribution < 1.29 is 4.74 Å². The van der Waals surface area contributed by atoms with Gasteiger partial charge in [0.25, 0.3) is 0 Å². The highest BCUT2D eigenvalue weighted by molar-refractivity contribution is 9.10. The van der Waals surface area contributed by atoms with Crippen LogP contribution >= 0.6 is 15.9 Å². The SMILES string of the molecule is COc1ccc(C(C)N[C@H](C)c2ccc(C)cc2)cc1Br. The fraction of sp³-hybridized carbons (Fsp3) is 0.333. The quantitative estimate of drug-likeness (QED) is 0.804. The summed E-state index contributed by atoms with van der Waals surface area (Å²) >= 11 is 3.54. The van der Waals surface area contributed by atoms with Crippen molar-refractivity contribution in [3.8, 4) is 5.75 Å². The number of benzene rings is 2. The predicted molar refractivity (Wildman–Crippen MR) is 91.8 cm³/mol. The lowest BCUT2D eigenvalue weighted by atomic mass is 10.0. The van der Waals surface area contributed by atoms with Crippen molar-refractivity contribution in [3.63, 3.8) is 0 Å². The first-order valence-electron chi connectivity index (χ1n) is 7.17. The Bertz CT molecular complexity index is 595. The Morgan fingerprint density at radius 1 is 0.952 bits per heavy atom. The molecule has 0 spiro atoms. The van der Waals surface area contributed by atoms with Crippen LogP contribution in [0.25, 0.3) is 0 Å². The van der Waals surface area contributed by atoms with Crippen LogP contribution in [0.15, 0.2) is 46.9 Å². The highest BCUT2D eigenvalue weighted by Gasteiger charge is 2.12. The van der Waals surface area contributed by atoms with Crippen LogP contribution < -0.4 is 10.1 Å². The Balaban J connectivity index is 2.08. The lowest BCUT2D eigenvalue weighted by Crippen LogP contribution is -2.22. The van der Waals surface area contributed by atoms with E-state index in [1.54, 1.807) is 7.11 Å². The van der Waals surface area contributed by atoms with Gasteiger partial charge in [-0.15, -0.1) is 0 Å². The normalized spacial score (nSPS) is 13.8. The zero-order chi connectivity index (χ0) is 15.4. The van der Waals surface area contributed by atoms with E-state index in [9.17, 15) is 0 Å². The standard InChI is InChI=1S/C18H22BrNO/c1-12-5-7-15(8-6-12)13(2)20-14(3)16-9-10-18(21-4)17(19)11-16/h5-11,13-14,20H,1-4H3/t13-,14?/m1/s1. The first-order chi connectivity index (χ1) is 10.0. The first kappa shape index (κ1) is 16.1. The number of nitrogens with one attached hydrogen (secondary N) is 1. The highest BCUT2D eigenvalue weighted by atomic mass is 79.9. The summed E-state index contributed by atoms with van der Waals surface area (Å²) in [6.45, 7) is 6.48. The molecule has 0 aliphatic rings. The molecule has 0 radical (unpaired) electrons. The molecule has 21 heavy (non-hydrogen) atoms. The minimum atomic E-state index is 0.267. The van der Waals surface area contributed by atoms with E-state index in [1.165, 1.54) is 16.7 Å². The Morgan fingerprint density at radius 3 is 2.10 bits per heavy atom. The second-order valence-corrected chi connectivity index (χ2v) is 6.27. The van der Waals surface area contributed by atoms with Crippen molar-refractivity contribution in [3.05, 3.63) is 63.6 Å². The summed E-state index contributed by atoms with van der Waals surface area (Å²) in [4.78, 5) is 0. The third kappa shape index (κ3) is 4.08. The van der Waals surface area contributed by atoms with E-state index >= 15 is 0 Å². The Morgan fingerprint density at radius 2 is 1.52 bits per heavy atom. The molecular formula is C18H22BrNO. The van der Waals surface area contributed by atoms with Gasteiger partial charge in [-0.1, -0.05) is 35.9 Å². The van der Waals surface area contributed by atoms with E-state index in [1.807, 2.05) is 6.07 Å². The molecule has 1 unspecified atom stereocenters. The minimum absolute atomic E-state index is 0.267. The summed E-state index contributed by atoms with van der Waals surface area (Å²) in [5.74, 6) is 0.859. The van der Waals surface area contributed by atoms with Crippen LogP contribution in [-0.4, -0.2) is 7.11 Å². The molecule has 0 aliphatic carbocycles. The zero-order valence-electron chi connectivity index (χ0n) is 13.0. The van der Waals surface area contributed by atoms with Gasteiger partial charge in [-0.05, 0) is 60.0 Å². The van der Waals surface area contributed by atoms with Gasteiger partial charge in [0.15, 0.2) is 0 Å². The van der Waals surface area contributed by atoms with Gasteiger partial charge < -0.3 is 10.1 Å². The van der Waals surface area contributed by atoms with Crippen LogP contribution in [0.4, 0.5) is 0 Å². The summed E-state index contributed by atoms with van der Waals surface area (Å²) < 4.78 is 6.26. The molecule has 0 aromatic heterocycles. The average molecular weight is 348 g/mol. The summed E-state index contributed by atoms with van der Waals surface area (Å²) in [6.07, 6.45) is 0. The molecule has 0 saturated heterocycles. The summed E-state index contributed by atoms with van der Waals surface area (Å²) in [7, 11) is 1.68. The molecule has 2 aromatic rings. The maximum atomic E-state index is 5.27. The molecule has 3 heteroatoms. The third-order valence-corrected chi connectivity index (χ3v) is 4.37. The van der Waals surface area contributed by atoms with Gasteiger partial charge in [0.05, 0.1) is 11.6 Å². The number of hydrogen-bond donors (Lipinski definition) is 1. The van der Waals surface area contributed by atoms with Gasteiger partial charge in [0, 0.05) is 12.1 Å². The molecular weight excluding hydrogens is 326 g/mol. The fourth-order valence-electron chi connectivity index (χ4n) is 2.37. The van der Waals surface area contributed by atoms with Gasteiger partial charge in [0.2, 0.25) is 0 Å². The van der Waals surface area contributed by atoms with Crippen molar-refractivity contribution >= 4 is 15.9 Å². The summed E-state index contributed by atoms with van der Waals surface area (Å²) in [5.41, 5.74) is 3.83. The molecule has 0 saturated carbocycles. The Labute approximate surface area is 135 Å². The number of hydrogen-bond acceptors (Lipinski definition) is 2. The molecule has 0 bridgehead atoms. The Kier molecular flexibility index (Phi) is 5.43. The number of aryl methyl sites for hydroxylation is 1. The monoisotopic (exact) mass is 347 g/mol. The van der Waals surface area contributed by atoms with Crippen LogP contribution in [0.2, 0.25) is 0 Å².